The van der Waals surface area contributed by atoms with Crippen molar-refractivity contribution in [1.29, 1.82) is 0 Å². The van der Waals surface area contributed by atoms with Gasteiger partial charge < -0.3 is 20.3 Å². The molecule has 2 aliphatic rings. The van der Waals surface area contributed by atoms with Crippen molar-refractivity contribution in [2.24, 2.45) is 0 Å². The zero-order valence-electron chi connectivity index (χ0n) is 15.3. The molecule has 27 heavy (non-hydrogen) atoms. The maximum atomic E-state index is 13.0. The normalized spacial score (nSPS) is 21.6. The Hall–Kier alpha value is -2.70. The summed E-state index contributed by atoms with van der Waals surface area (Å²) < 4.78 is 5.53. The summed E-state index contributed by atoms with van der Waals surface area (Å²) >= 11 is 0. The Morgan fingerprint density at radius 1 is 1.19 bits per heavy atom. The summed E-state index contributed by atoms with van der Waals surface area (Å²) in [5.41, 5.74) is 3.32. The molecular formula is C21H23N3O3. The molecule has 2 aromatic rings. The van der Waals surface area contributed by atoms with Crippen molar-refractivity contribution in [3.05, 3.63) is 59.7 Å². The third kappa shape index (κ3) is 3.59. The average molecular weight is 365 g/mol. The summed E-state index contributed by atoms with van der Waals surface area (Å²) in [6.45, 7) is 3.80. The number of anilines is 2. The highest BCUT2D eigenvalue weighted by atomic mass is 16.5. The van der Waals surface area contributed by atoms with Crippen LogP contribution in [0, 0.1) is 0 Å². The Kier molecular flexibility index (Phi) is 4.92. The van der Waals surface area contributed by atoms with Crippen LogP contribution in [0.2, 0.25) is 0 Å². The van der Waals surface area contributed by atoms with E-state index >= 15 is 0 Å². The SMILES string of the molecule is C[C@H]1OCCN[C@@H]1C(=O)Nc1cccc(C(=O)N2CCc3ccccc32)c1. The predicted octanol–water partition coefficient (Wildman–Crippen LogP) is 2.20. The van der Waals surface area contributed by atoms with Crippen molar-refractivity contribution in [1.82, 2.24) is 5.32 Å². The first-order valence-corrected chi connectivity index (χ1v) is 9.29. The summed E-state index contributed by atoms with van der Waals surface area (Å²) in [4.78, 5) is 27.3. The molecule has 2 aromatic carbocycles. The Morgan fingerprint density at radius 3 is 2.89 bits per heavy atom. The van der Waals surface area contributed by atoms with Gasteiger partial charge in [-0.3, -0.25) is 9.59 Å². The summed E-state index contributed by atoms with van der Waals surface area (Å²) in [6.07, 6.45) is 0.675. The Balaban J connectivity index is 1.49. The van der Waals surface area contributed by atoms with Gasteiger partial charge in [0.25, 0.3) is 5.91 Å². The number of rotatable bonds is 3. The van der Waals surface area contributed by atoms with Crippen LogP contribution in [0.1, 0.15) is 22.8 Å². The van der Waals surface area contributed by atoms with Gasteiger partial charge in [0, 0.05) is 30.0 Å². The van der Waals surface area contributed by atoms with E-state index in [1.165, 1.54) is 5.56 Å². The van der Waals surface area contributed by atoms with E-state index in [9.17, 15) is 9.59 Å². The molecule has 0 saturated carbocycles. The van der Waals surface area contributed by atoms with E-state index in [2.05, 4.69) is 16.7 Å². The zero-order chi connectivity index (χ0) is 18.8. The van der Waals surface area contributed by atoms with Crippen LogP contribution < -0.4 is 15.5 Å². The summed E-state index contributed by atoms with van der Waals surface area (Å²) in [5.74, 6) is -0.207. The number of fused-ring (bicyclic) bond motifs is 1. The lowest BCUT2D eigenvalue weighted by atomic mass is 10.1. The van der Waals surface area contributed by atoms with Gasteiger partial charge in [0.1, 0.15) is 6.04 Å². The van der Waals surface area contributed by atoms with E-state index in [1.54, 1.807) is 29.2 Å². The Labute approximate surface area is 158 Å². The number of nitrogens with zero attached hydrogens (tertiary/aromatic N) is 1. The van der Waals surface area contributed by atoms with Gasteiger partial charge in [-0.05, 0) is 43.2 Å². The van der Waals surface area contributed by atoms with Crippen LogP contribution in [0.25, 0.3) is 0 Å². The van der Waals surface area contributed by atoms with Gasteiger partial charge in [-0.1, -0.05) is 24.3 Å². The van der Waals surface area contributed by atoms with Gasteiger partial charge in [0.2, 0.25) is 5.91 Å². The molecule has 2 amide bonds. The van der Waals surface area contributed by atoms with E-state index in [-0.39, 0.29) is 17.9 Å². The molecule has 0 unspecified atom stereocenters. The molecule has 0 spiro atoms. The fourth-order valence-electron chi connectivity index (χ4n) is 3.68. The number of ether oxygens (including phenoxy) is 1. The van der Waals surface area contributed by atoms with Crippen molar-refractivity contribution >= 4 is 23.2 Å². The second kappa shape index (κ2) is 7.50. The van der Waals surface area contributed by atoms with Gasteiger partial charge in [-0.15, -0.1) is 0 Å². The minimum absolute atomic E-state index is 0.0523. The molecule has 0 bridgehead atoms. The van der Waals surface area contributed by atoms with Crippen LogP contribution in [0.15, 0.2) is 48.5 Å². The van der Waals surface area contributed by atoms with Crippen molar-refractivity contribution < 1.29 is 14.3 Å². The number of benzene rings is 2. The van der Waals surface area contributed by atoms with Crippen molar-refractivity contribution in [3.63, 3.8) is 0 Å². The van der Waals surface area contributed by atoms with Crippen LogP contribution in [0.3, 0.4) is 0 Å². The smallest absolute Gasteiger partial charge is 0.258 e. The topological polar surface area (TPSA) is 70.7 Å². The summed E-state index contributed by atoms with van der Waals surface area (Å²) in [7, 11) is 0. The third-order valence-electron chi connectivity index (χ3n) is 5.11. The van der Waals surface area contributed by atoms with E-state index in [0.29, 0.717) is 30.9 Å². The summed E-state index contributed by atoms with van der Waals surface area (Å²) in [5, 5.41) is 6.06. The molecule has 1 fully saturated rings. The molecule has 0 aliphatic carbocycles. The first-order valence-electron chi connectivity index (χ1n) is 9.29. The monoisotopic (exact) mass is 365 g/mol. The third-order valence-corrected chi connectivity index (χ3v) is 5.11. The predicted molar refractivity (Wildman–Crippen MR) is 104 cm³/mol. The number of nitrogens with one attached hydrogen (secondary N) is 2. The van der Waals surface area contributed by atoms with E-state index < -0.39 is 6.04 Å². The number of morpholine rings is 1. The molecule has 6 nitrogen and oxygen atoms in total. The van der Waals surface area contributed by atoms with Crippen LogP contribution in [-0.2, 0) is 16.0 Å². The van der Waals surface area contributed by atoms with Gasteiger partial charge in [-0.2, -0.15) is 0 Å². The number of amides is 2. The number of hydrogen-bond acceptors (Lipinski definition) is 4. The van der Waals surface area contributed by atoms with Crippen molar-refractivity contribution in [2.75, 3.05) is 29.9 Å². The molecule has 6 heteroatoms. The molecule has 2 heterocycles. The number of carbonyl (C=O) groups is 2. The zero-order valence-corrected chi connectivity index (χ0v) is 15.3. The lowest BCUT2D eigenvalue weighted by molar-refractivity contribution is -0.123. The molecule has 1 saturated heterocycles. The van der Waals surface area contributed by atoms with Gasteiger partial charge in [0.05, 0.1) is 12.7 Å². The minimum atomic E-state index is -0.399. The Bertz CT molecular complexity index is 867. The highest BCUT2D eigenvalue weighted by Crippen LogP contribution is 2.29. The maximum Gasteiger partial charge on any atom is 0.258 e. The van der Waals surface area contributed by atoms with E-state index in [0.717, 1.165) is 12.1 Å². The molecule has 2 N–H and O–H groups in total. The van der Waals surface area contributed by atoms with Crippen LogP contribution in [-0.4, -0.2) is 43.7 Å². The molecule has 2 aliphatic heterocycles. The fraction of sp³-hybridized carbons (Fsp3) is 0.333. The molecule has 0 aromatic heterocycles. The molecule has 2 atom stereocenters. The van der Waals surface area contributed by atoms with Crippen LogP contribution >= 0.6 is 0 Å². The first-order chi connectivity index (χ1) is 13.1. The minimum Gasteiger partial charge on any atom is -0.375 e. The number of para-hydroxylation sites is 1. The summed E-state index contributed by atoms with van der Waals surface area (Å²) in [6, 6.07) is 14.7. The van der Waals surface area contributed by atoms with Gasteiger partial charge >= 0.3 is 0 Å². The van der Waals surface area contributed by atoms with Crippen molar-refractivity contribution in [2.45, 2.75) is 25.5 Å². The van der Waals surface area contributed by atoms with Crippen molar-refractivity contribution in [3.8, 4) is 0 Å². The molecular weight excluding hydrogens is 342 g/mol. The first kappa shape index (κ1) is 17.7. The van der Waals surface area contributed by atoms with Gasteiger partial charge in [0.15, 0.2) is 0 Å². The second-order valence-corrected chi connectivity index (χ2v) is 6.91. The lowest BCUT2D eigenvalue weighted by Crippen LogP contribution is -2.53. The number of carbonyl (C=O) groups excluding carboxylic acids is 2. The highest BCUT2D eigenvalue weighted by Gasteiger charge is 2.29. The molecule has 4 rings (SSSR count). The number of hydrogen-bond donors (Lipinski definition) is 2. The quantitative estimate of drug-likeness (QED) is 0.875. The average Bonchev–Trinajstić information content (AvgIpc) is 3.12. The fourth-order valence-corrected chi connectivity index (χ4v) is 3.68. The van der Waals surface area contributed by atoms with Crippen LogP contribution in [0.5, 0.6) is 0 Å². The molecule has 140 valence electrons. The highest BCUT2D eigenvalue weighted by molar-refractivity contribution is 6.08. The largest absolute Gasteiger partial charge is 0.375 e. The van der Waals surface area contributed by atoms with Crippen LogP contribution in [0.4, 0.5) is 11.4 Å². The van der Waals surface area contributed by atoms with Gasteiger partial charge in [-0.25, -0.2) is 0 Å². The Morgan fingerprint density at radius 2 is 2.04 bits per heavy atom. The maximum absolute atomic E-state index is 13.0. The standard InChI is InChI=1S/C21H23N3O3/c1-14-19(22-10-12-27-14)20(25)23-17-7-4-6-16(13-17)21(26)24-11-9-15-5-2-3-8-18(15)24/h2-8,13-14,19,22H,9-12H2,1H3,(H,23,25)/t14-,19+/m1/s1. The second-order valence-electron chi connectivity index (χ2n) is 6.91. The molecule has 0 radical (unpaired) electrons. The van der Waals surface area contributed by atoms with E-state index in [4.69, 9.17) is 4.74 Å². The van der Waals surface area contributed by atoms with E-state index in [1.807, 2.05) is 25.1 Å². The lowest BCUT2D eigenvalue weighted by Gasteiger charge is -2.29.